The Labute approximate surface area is 123 Å². The van der Waals surface area contributed by atoms with Gasteiger partial charge >= 0.3 is 5.97 Å². The fraction of sp³-hybridized carbons (Fsp3) is 0.692. The normalized spacial score (nSPS) is 19.1. The summed E-state index contributed by atoms with van der Waals surface area (Å²) < 4.78 is 31.7. The third kappa shape index (κ3) is 4.04. The maximum atomic E-state index is 12.2. The van der Waals surface area contributed by atoms with Gasteiger partial charge in [-0.1, -0.05) is 30.8 Å². The first-order chi connectivity index (χ1) is 9.83. The number of carboxylic acids is 1. The van der Waals surface area contributed by atoms with Gasteiger partial charge in [0.25, 0.3) is 0 Å². The van der Waals surface area contributed by atoms with E-state index in [-0.39, 0.29) is 11.4 Å². The molecule has 0 aromatic carbocycles. The molecule has 0 spiro atoms. The van der Waals surface area contributed by atoms with Crippen LogP contribution in [0, 0.1) is 6.92 Å². The van der Waals surface area contributed by atoms with Gasteiger partial charge in [0.15, 0.2) is 0 Å². The van der Waals surface area contributed by atoms with Crippen LogP contribution in [0.5, 0.6) is 0 Å². The van der Waals surface area contributed by atoms with E-state index < -0.39 is 21.5 Å². The van der Waals surface area contributed by atoms with Crippen LogP contribution in [0.25, 0.3) is 0 Å². The fourth-order valence-corrected chi connectivity index (χ4v) is 4.19. The number of aryl methyl sites for hydroxylation is 1. The Kier molecular flexibility index (Phi) is 4.67. The predicted octanol–water partition coefficient (Wildman–Crippen LogP) is 1.58. The number of hydrogen-bond acceptors (Lipinski definition) is 5. The number of hydrogen-bond donors (Lipinski definition) is 2. The molecule has 21 heavy (non-hydrogen) atoms. The molecule has 0 atom stereocenters. The van der Waals surface area contributed by atoms with Crippen molar-refractivity contribution >= 4 is 16.0 Å². The van der Waals surface area contributed by atoms with Gasteiger partial charge < -0.3 is 9.63 Å². The van der Waals surface area contributed by atoms with Crippen molar-refractivity contribution in [3.8, 4) is 0 Å². The lowest BCUT2D eigenvalue weighted by Crippen LogP contribution is -2.54. The third-order valence-electron chi connectivity index (χ3n) is 3.73. The lowest BCUT2D eigenvalue weighted by molar-refractivity contribution is -0.144. The van der Waals surface area contributed by atoms with Crippen LogP contribution in [0.2, 0.25) is 0 Å². The Balaban J connectivity index is 2.16. The van der Waals surface area contributed by atoms with Crippen LogP contribution in [0.1, 0.15) is 50.0 Å². The second kappa shape index (κ2) is 6.15. The van der Waals surface area contributed by atoms with Crippen molar-refractivity contribution in [2.45, 2.75) is 56.7 Å². The van der Waals surface area contributed by atoms with Crippen LogP contribution in [-0.4, -0.2) is 30.2 Å². The van der Waals surface area contributed by atoms with Crippen LogP contribution in [0.15, 0.2) is 10.6 Å². The van der Waals surface area contributed by atoms with Gasteiger partial charge in [0.05, 0.1) is 0 Å². The van der Waals surface area contributed by atoms with E-state index in [9.17, 15) is 18.3 Å². The summed E-state index contributed by atoms with van der Waals surface area (Å²) in [6, 6.07) is 1.53. The molecule has 2 N–H and O–H groups in total. The molecule has 1 heterocycles. The molecule has 118 valence electrons. The second-order valence-corrected chi connectivity index (χ2v) is 7.31. The number of aromatic nitrogens is 1. The summed E-state index contributed by atoms with van der Waals surface area (Å²) >= 11 is 0. The summed E-state index contributed by atoms with van der Waals surface area (Å²) in [5.74, 6) is -0.966. The van der Waals surface area contributed by atoms with Crippen LogP contribution in [0.3, 0.4) is 0 Å². The van der Waals surface area contributed by atoms with Gasteiger partial charge in [-0.15, -0.1) is 0 Å². The summed E-state index contributed by atoms with van der Waals surface area (Å²) in [5, 5.41) is 13.1. The number of aliphatic carboxylic acids is 1. The molecule has 7 nitrogen and oxygen atoms in total. The van der Waals surface area contributed by atoms with Crippen LogP contribution in [-0.2, 0) is 20.6 Å². The van der Waals surface area contributed by atoms with E-state index in [0.717, 1.165) is 12.8 Å². The van der Waals surface area contributed by atoms with Gasteiger partial charge in [-0.2, -0.15) is 4.72 Å². The molecule has 0 bridgehead atoms. The highest BCUT2D eigenvalue weighted by Crippen LogP contribution is 2.28. The van der Waals surface area contributed by atoms with Crippen LogP contribution in [0.4, 0.5) is 0 Å². The zero-order valence-electron chi connectivity index (χ0n) is 12.0. The zero-order valence-corrected chi connectivity index (χ0v) is 12.8. The van der Waals surface area contributed by atoms with Crippen molar-refractivity contribution in [2.75, 3.05) is 0 Å². The van der Waals surface area contributed by atoms with Crippen molar-refractivity contribution in [3.63, 3.8) is 0 Å². The highest BCUT2D eigenvalue weighted by molar-refractivity contribution is 7.88. The maximum Gasteiger partial charge on any atom is 0.324 e. The molecule has 1 aliphatic rings. The maximum absolute atomic E-state index is 12.2. The van der Waals surface area contributed by atoms with Gasteiger partial charge in [-0.3, -0.25) is 4.79 Å². The average Bonchev–Trinajstić information content (AvgIpc) is 2.63. The van der Waals surface area contributed by atoms with Gasteiger partial charge in [-0.05, 0) is 19.8 Å². The van der Waals surface area contributed by atoms with Gasteiger partial charge in [-0.25, -0.2) is 8.42 Å². The molecule has 1 aliphatic carbocycles. The minimum atomic E-state index is -3.79. The van der Waals surface area contributed by atoms with Crippen molar-refractivity contribution in [1.82, 2.24) is 9.88 Å². The average molecular weight is 316 g/mol. The first-order valence-electron chi connectivity index (χ1n) is 7.00. The summed E-state index contributed by atoms with van der Waals surface area (Å²) in [4.78, 5) is 11.6. The fourth-order valence-electron chi connectivity index (χ4n) is 2.71. The molecule has 0 radical (unpaired) electrons. The smallest absolute Gasteiger partial charge is 0.324 e. The SMILES string of the molecule is Cc1cc(CS(=O)(=O)NC2(C(=O)O)CCCCCC2)no1. The minimum Gasteiger partial charge on any atom is -0.480 e. The topological polar surface area (TPSA) is 110 Å². The molecular weight excluding hydrogens is 296 g/mol. The summed E-state index contributed by atoms with van der Waals surface area (Å²) in [6.07, 6.45) is 3.91. The Morgan fingerprint density at radius 2 is 2.00 bits per heavy atom. The number of rotatable bonds is 5. The first kappa shape index (κ1) is 16.0. The van der Waals surface area contributed by atoms with E-state index in [4.69, 9.17) is 4.52 Å². The molecule has 1 saturated carbocycles. The Morgan fingerprint density at radius 1 is 1.38 bits per heavy atom. The van der Waals surface area contributed by atoms with Crippen molar-refractivity contribution in [2.24, 2.45) is 0 Å². The molecular formula is C13H20N2O5S. The third-order valence-corrected chi connectivity index (χ3v) is 5.11. The number of carbonyl (C=O) groups is 1. The molecule has 0 amide bonds. The van der Waals surface area contributed by atoms with Crippen molar-refractivity contribution < 1.29 is 22.8 Å². The van der Waals surface area contributed by atoms with Gasteiger partial charge in [0.2, 0.25) is 10.0 Å². The molecule has 1 aromatic rings. The minimum absolute atomic E-state index is 0.272. The van der Waals surface area contributed by atoms with E-state index in [1.807, 2.05) is 0 Å². The highest BCUT2D eigenvalue weighted by atomic mass is 32.2. The summed E-state index contributed by atoms with van der Waals surface area (Å²) in [6.45, 7) is 1.67. The Morgan fingerprint density at radius 3 is 2.48 bits per heavy atom. The molecule has 0 unspecified atom stereocenters. The summed E-state index contributed by atoms with van der Waals surface area (Å²) in [7, 11) is -3.79. The van der Waals surface area contributed by atoms with Crippen molar-refractivity contribution in [1.29, 1.82) is 0 Å². The van der Waals surface area contributed by atoms with Gasteiger partial charge in [0.1, 0.15) is 22.7 Å². The largest absolute Gasteiger partial charge is 0.480 e. The van der Waals surface area contributed by atoms with E-state index in [0.29, 0.717) is 31.4 Å². The number of nitrogens with one attached hydrogen (secondary N) is 1. The van der Waals surface area contributed by atoms with E-state index in [1.54, 1.807) is 6.92 Å². The molecule has 0 saturated heterocycles. The second-order valence-electron chi connectivity index (χ2n) is 5.59. The highest BCUT2D eigenvalue weighted by Gasteiger charge is 2.42. The standard InChI is InChI=1S/C13H20N2O5S/c1-10-8-11(14-20-10)9-21(18,19)15-13(12(16)17)6-4-2-3-5-7-13/h8,15H,2-7,9H2,1H3,(H,16,17). The first-order valence-corrected chi connectivity index (χ1v) is 8.65. The van der Waals surface area contributed by atoms with E-state index >= 15 is 0 Å². The van der Waals surface area contributed by atoms with E-state index in [1.165, 1.54) is 6.07 Å². The number of sulfonamides is 1. The summed E-state index contributed by atoms with van der Waals surface area (Å²) in [5.41, 5.74) is -1.12. The molecule has 8 heteroatoms. The van der Waals surface area contributed by atoms with Crippen LogP contribution < -0.4 is 4.72 Å². The van der Waals surface area contributed by atoms with Crippen molar-refractivity contribution in [3.05, 3.63) is 17.5 Å². The predicted molar refractivity (Wildman–Crippen MR) is 75.1 cm³/mol. The lowest BCUT2D eigenvalue weighted by Gasteiger charge is -2.28. The van der Waals surface area contributed by atoms with Gasteiger partial charge in [0, 0.05) is 6.07 Å². The zero-order chi connectivity index (χ0) is 15.5. The molecule has 1 fully saturated rings. The number of carboxylic acid groups (broad SMARTS) is 1. The van der Waals surface area contributed by atoms with Crippen LogP contribution >= 0.6 is 0 Å². The monoisotopic (exact) mass is 316 g/mol. The lowest BCUT2D eigenvalue weighted by atomic mass is 9.92. The molecule has 0 aliphatic heterocycles. The Hall–Kier alpha value is -1.41. The Bertz CT molecular complexity index is 600. The number of nitrogens with zero attached hydrogens (tertiary/aromatic N) is 1. The van der Waals surface area contributed by atoms with E-state index in [2.05, 4.69) is 9.88 Å². The molecule has 2 rings (SSSR count). The molecule has 1 aromatic heterocycles. The quantitative estimate of drug-likeness (QED) is 0.798.